The zero-order valence-corrected chi connectivity index (χ0v) is 13.1. The number of nitrogens with zero attached hydrogens (tertiary/aromatic N) is 1. The number of hydrogen-bond donors (Lipinski definition) is 2. The zero-order chi connectivity index (χ0) is 17.7. The summed E-state index contributed by atoms with van der Waals surface area (Å²) in [5, 5.41) is 9.38. The van der Waals surface area contributed by atoms with E-state index < -0.39 is 23.3 Å². The van der Waals surface area contributed by atoms with Crippen LogP contribution < -0.4 is 20.7 Å². The summed E-state index contributed by atoms with van der Waals surface area (Å²) in [6.07, 6.45) is -0.493. The molecule has 1 unspecified atom stereocenters. The molecule has 0 saturated carbocycles. The summed E-state index contributed by atoms with van der Waals surface area (Å²) in [6, 6.07) is 4.92. The highest BCUT2D eigenvalue weighted by molar-refractivity contribution is 5.46. The number of para-hydroxylation sites is 1. The van der Waals surface area contributed by atoms with Gasteiger partial charge in [-0.05, 0) is 6.07 Å². The minimum atomic E-state index is -1.17. The molecule has 2 aromatic rings. The van der Waals surface area contributed by atoms with Crippen LogP contribution in [-0.4, -0.2) is 35.5 Å². The SMILES string of the molecule is COc1cccc(CO)c1OCC(OC)n1c(=O)[nH]cc(F)c1=O. The molecule has 2 N–H and O–H groups in total. The smallest absolute Gasteiger partial charge is 0.330 e. The first-order chi connectivity index (χ1) is 11.5. The van der Waals surface area contributed by atoms with Gasteiger partial charge in [-0.15, -0.1) is 0 Å². The molecule has 1 heterocycles. The molecule has 0 aliphatic rings. The van der Waals surface area contributed by atoms with Crippen molar-refractivity contribution in [1.82, 2.24) is 9.55 Å². The van der Waals surface area contributed by atoms with E-state index in [0.717, 1.165) is 0 Å². The van der Waals surface area contributed by atoms with Crippen molar-refractivity contribution in [3.8, 4) is 11.5 Å². The maximum absolute atomic E-state index is 13.4. The lowest BCUT2D eigenvalue weighted by Crippen LogP contribution is -2.42. The predicted octanol–water partition coefficient (Wildman–Crippen LogP) is 0.401. The van der Waals surface area contributed by atoms with Gasteiger partial charge in [-0.2, -0.15) is 4.39 Å². The third-order valence-electron chi connectivity index (χ3n) is 3.35. The van der Waals surface area contributed by atoms with Crippen molar-refractivity contribution in [3.63, 3.8) is 0 Å². The van der Waals surface area contributed by atoms with Gasteiger partial charge in [0, 0.05) is 18.9 Å². The monoisotopic (exact) mass is 340 g/mol. The highest BCUT2D eigenvalue weighted by atomic mass is 19.1. The van der Waals surface area contributed by atoms with Crippen LogP contribution in [0.1, 0.15) is 11.8 Å². The Kier molecular flexibility index (Phi) is 5.72. The highest BCUT2D eigenvalue weighted by Crippen LogP contribution is 2.31. The quantitative estimate of drug-likeness (QED) is 0.756. The number of aliphatic hydroxyl groups excluding tert-OH is 1. The Hall–Kier alpha value is -2.65. The Morgan fingerprint density at radius 2 is 2.08 bits per heavy atom. The number of H-pyrrole nitrogens is 1. The number of halogens is 1. The first-order valence-corrected chi connectivity index (χ1v) is 6.95. The van der Waals surface area contributed by atoms with Crippen LogP contribution >= 0.6 is 0 Å². The first kappa shape index (κ1) is 17.7. The topological polar surface area (TPSA) is 103 Å². The van der Waals surface area contributed by atoms with Crippen molar-refractivity contribution in [2.75, 3.05) is 20.8 Å². The maximum Gasteiger partial charge on any atom is 0.330 e. The average molecular weight is 340 g/mol. The van der Waals surface area contributed by atoms with Crippen LogP contribution in [-0.2, 0) is 11.3 Å². The van der Waals surface area contributed by atoms with E-state index in [9.17, 15) is 19.1 Å². The lowest BCUT2D eigenvalue weighted by Gasteiger charge is -2.20. The summed E-state index contributed by atoms with van der Waals surface area (Å²) >= 11 is 0. The zero-order valence-electron chi connectivity index (χ0n) is 13.1. The molecule has 0 spiro atoms. The largest absolute Gasteiger partial charge is 0.493 e. The van der Waals surface area contributed by atoms with Crippen LogP contribution in [0.25, 0.3) is 0 Å². The highest BCUT2D eigenvalue weighted by Gasteiger charge is 2.20. The maximum atomic E-state index is 13.4. The molecule has 0 saturated heterocycles. The molecule has 24 heavy (non-hydrogen) atoms. The summed E-state index contributed by atoms with van der Waals surface area (Å²) in [5.74, 6) is -0.521. The average Bonchev–Trinajstić information content (AvgIpc) is 2.60. The predicted molar refractivity (Wildman–Crippen MR) is 81.7 cm³/mol. The standard InChI is InChI=1S/C15H17FN2O6/c1-22-11-5-3-4-9(7-19)13(11)24-8-12(23-2)18-14(20)10(16)6-17-15(18)21/h3-6,12,19H,7-8H2,1-2H3,(H,17,21). The molecule has 9 heteroatoms. The van der Waals surface area contributed by atoms with E-state index in [1.807, 2.05) is 0 Å². The van der Waals surface area contributed by atoms with Gasteiger partial charge >= 0.3 is 5.69 Å². The van der Waals surface area contributed by atoms with Crippen LogP contribution in [0.5, 0.6) is 11.5 Å². The summed E-state index contributed by atoms with van der Waals surface area (Å²) in [5.41, 5.74) is -1.51. The molecule has 0 aliphatic carbocycles. The number of benzene rings is 1. The number of hydrogen-bond acceptors (Lipinski definition) is 6. The van der Waals surface area contributed by atoms with E-state index in [1.54, 1.807) is 18.2 Å². The van der Waals surface area contributed by atoms with Crippen LogP contribution in [0.15, 0.2) is 34.0 Å². The summed E-state index contributed by atoms with van der Waals surface area (Å²) < 4.78 is 29.8. The van der Waals surface area contributed by atoms with Crippen molar-refractivity contribution < 1.29 is 23.7 Å². The van der Waals surface area contributed by atoms with Gasteiger partial charge in [0.15, 0.2) is 17.7 Å². The molecule has 0 radical (unpaired) electrons. The van der Waals surface area contributed by atoms with Crippen molar-refractivity contribution >= 4 is 0 Å². The molecule has 8 nitrogen and oxygen atoms in total. The number of nitrogens with one attached hydrogen (secondary N) is 1. The van der Waals surface area contributed by atoms with E-state index in [1.165, 1.54) is 14.2 Å². The second-order valence-corrected chi connectivity index (χ2v) is 4.72. The first-order valence-electron chi connectivity index (χ1n) is 6.95. The molecule has 0 amide bonds. The summed E-state index contributed by atoms with van der Waals surface area (Å²) in [7, 11) is 2.68. The molecule has 0 bridgehead atoms. The van der Waals surface area contributed by atoms with Crippen molar-refractivity contribution in [3.05, 3.63) is 56.6 Å². The fourth-order valence-electron chi connectivity index (χ4n) is 2.14. The number of rotatable bonds is 7. The Labute approximate surface area is 136 Å². The van der Waals surface area contributed by atoms with Gasteiger partial charge < -0.3 is 24.3 Å². The molecule has 1 aromatic heterocycles. The number of aliphatic hydroxyl groups is 1. The molecule has 1 atom stereocenters. The second kappa shape index (κ2) is 7.75. The third kappa shape index (κ3) is 3.47. The second-order valence-electron chi connectivity index (χ2n) is 4.72. The minimum absolute atomic E-state index is 0.241. The number of ether oxygens (including phenoxy) is 3. The Bertz CT molecular complexity index is 794. The van der Waals surface area contributed by atoms with E-state index in [4.69, 9.17) is 14.2 Å². The van der Waals surface area contributed by atoms with Gasteiger partial charge in [0.25, 0.3) is 5.56 Å². The summed E-state index contributed by atoms with van der Waals surface area (Å²) in [4.78, 5) is 25.7. The van der Waals surface area contributed by atoms with E-state index >= 15 is 0 Å². The van der Waals surface area contributed by atoms with Crippen molar-refractivity contribution in [2.45, 2.75) is 12.8 Å². The minimum Gasteiger partial charge on any atom is -0.493 e. The number of aromatic nitrogens is 2. The molecule has 2 rings (SSSR count). The van der Waals surface area contributed by atoms with Crippen LogP contribution in [0.3, 0.4) is 0 Å². The number of methoxy groups -OCH3 is 2. The van der Waals surface area contributed by atoms with E-state index in [0.29, 0.717) is 22.1 Å². The Morgan fingerprint density at radius 3 is 2.71 bits per heavy atom. The normalized spacial score (nSPS) is 12.0. The van der Waals surface area contributed by atoms with Gasteiger partial charge in [0.05, 0.1) is 13.7 Å². The molecule has 1 aromatic carbocycles. The summed E-state index contributed by atoms with van der Waals surface area (Å²) in [6.45, 7) is -0.582. The lowest BCUT2D eigenvalue weighted by molar-refractivity contribution is -0.00195. The van der Waals surface area contributed by atoms with Gasteiger partial charge in [-0.3, -0.25) is 4.79 Å². The van der Waals surface area contributed by atoms with Gasteiger partial charge in [-0.1, -0.05) is 12.1 Å². The van der Waals surface area contributed by atoms with Crippen LogP contribution in [0.4, 0.5) is 4.39 Å². The lowest BCUT2D eigenvalue weighted by atomic mass is 10.2. The molecule has 0 fully saturated rings. The van der Waals surface area contributed by atoms with E-state index in [2.05, 4.69) is 4.98 Å². The van der Waals surface area contributed by atoms with Gasteiger partial charge in [0.1, 0.15) is 6.61 Å². The van der Waals surface area contributed by atoms with E-state index in [-0.39, 0.29) is 19.0 Å². The van der Waals surface area contributed by atoms with Crippen molar-refractivity contribution in [1.29, 1.82) is 0 Å². The third-order valence-corrected chi connectivity index (χ3v) is 3.35. The fourth-order valence-corrected chi connectivity index (χ4v) is 2.14. The Balaban J connectivity index is 2.33. The molecule has 0 aliphatic heterocycles. The number of aromatic amines is 1. The van der Waals surface area contributed by atoms with Crippen molar-refractivity contribution in [2.24, 2.45) is 0 Å². The Morgan fingerprint density at radius 1 is 1.33 bits per heavy atom. The van der Waals surface area contributed by atoms with Crippen LogP contribution in [0.2, 0.25) is 0 Å². The van der Waals surface area contributed by atoms with Gasteiger partial charge in [-0.25, -0.2) is 9.36 Å². The van der Waals surface area contributed by atoms with Gasteiger partial charge in [0.2, 0.25) is 5.82 Å². The molecule has 130 valence electrons. The fraction of sp³-hybridized carbons (Fsp3) is 0.333. The molecular weight excluding hydrogens is 323 g/mol. The van der Waals surface area contributed by atoms with Crippen LogP contribution in [0, 0.1) is 5.82 Å². The molecular formula is C15H17FN2O6.